The van der Waals surface area contributed by atoms with Gasteiger partial charge < -0.3 is 9.47 Å². The van der Waals surface area contributed by atoms with Crippen molar-refractivity contribution in [1.82, 2.24) is 0 Å². The van der Waals surface area contributed by atoms with Crippen molar-refractivity contribution in [3.05, 3.63) is 0 Å². The molecule has 0 fully saturated rings. The second-order valence-corrected chi connectivity index (χ2v) is 4.12. The number of esters is 1. The first-order chi connectivity index (χ1) is 6.81. The zero-order valence-corrected chi connectivity index (χ0v) is 9.73. The smallest absolute Gasteiger partial charge is 0.334 e. The molecular weight excluding hydrogens is 198 g/mol. The first-order valence-corrected chi connectivity index (χ1v) is 4.64. The summed E-state index contributed by atoms with van der Waals surface area (Å²) in [5, 5.41) is 0. The van der Waals surface area contributed by atoms with Crippen LogP contribution in [0.15, 0.2) is 4.99 Å². The van der Waals surface area contributed by atoms with Gasteiger partial charge in [0.05, 0.1) is 18.8 Å². The molecule has 86 valence electrons. The molecule has 0 spiro atoms. The largest absolute Gasteiger partial charge is 0.467 e. The van der Waals surface area contributed by atoms with Crippen molar-refractivity contribution in [2.75, 3.05) is 7.11 Å². The van der Waals surface area contributed by atoms with Crippen LogP contribution in [-0.4, -0.2) is 36.9 Å². The molecule has 2 atom stereocenters. The highest BCUT2D eigenvalue weighted by Crippen LogP contribution is 2.15. The van der Waals surface area contributed by atoms with Gasteiger partial charge in [-0.1, -0.05) is 0 Å². The maximum Gasteiger partial charge on any atom is 0.334 e. The van der Waals surface area contributed by atoms with Gasteiger partial charge in [0, 0.05) is 0 Å². The molecule has 0 aliphatic heterocycles. The van der Waals surface area contributed by atoms with Crippen molar-refractivity contribution in [3.63, 3.8) is 0 Å². The van der Waals surface area contributed by atoms with Gasteiger partial charge in [0.2, 0.25) is 6.08 Å². The fourth-order valence-electron chi connectivity index (χ4n) is 1.15. The van der Waals surface area contributed by atoms with E-state index < -0.39 is 23.7 Å². The van der Waals surface area contributed by atoms with Gasteiger partial charge in [0.15, 0.2) is 6.04 Å². The van der Waals surface area contributed by atoms with E-state index in [-0.39, 0.29) is 0 Å². The quantitative estimate of drug-likeness (QED) is 0.399. The molecule has 0 saturated heterocycles. The second kappa shape index (κ2) is 5.63. The van der Waals surface area contributed by atoms with Gasteiger partial charge in [-0.05, 0) is 27.7 Å². The highest BCUT2D eigenvalue weighted by Gasteiger charge is 2.29. The third-order valence-electron chi connectivity index (χ3n) is 1.62. The summed E-state index contributed by atoms with van der Waals surface area (Å²) >= 11 is 0. The minimum absolute atomic E-state index is 0.413. The summed E-state index contributed by atoms with van der Waals surface area (Å²) in [5.74, 6) is -0.602. The number of isocyanates is 1. The first kappa shape index (κ1) is 13.8. The molecular formula is C10H17NO4. The Balaban J connectivity index is 4.63. The van der Waals surface area contributed by atoms with E-state index >= 15 is 0 Å². The molecule has 5 heteroatoms. The average Bonchev–Trinajstić information content (AvgIpc) is 2.10. The number of nitrogens with zero attached hydrogens (tertiary/aromatic N) is 1. The van der Waals surface area contributed by atoms with Crippen molar-refractivity contribution in [3.8, 4) is 0 Å². The number of ether oxygens (including phenoxy) is 2. The van der Waals surface area contributed by atoms with Gasteiger partial charge in [0.25, 0.3) is 0 Å². The Morgan fingerprint density at radius 3 is 2.27 bits per heavy atom. The minimum Gasteiger partial charge on any atom is -0.467 e. The van der Waals surface area contributed by atoms with Crippen molar-refractivity contribution in [1.29, 1.82) is 0 Å². The van der Waals surface area contributed by atoms with Gasteiger partial charge in [-0.15, -0.1) is 0 Å². The summed E-state index contributed by atoms with van der Waals surface area (Å²) < 4.78 is 10.0. The highest BCUT2D eigenvalue weighted by molar-refractivity contribution is 5.77. The van der Waals surface area contributed by atoms with E-state index in [0.717, 1.165) is 0 Å². The van der Waals surface area contributed by atoms with E-state index in [9.17, 15) is 9.59 Å². The fraction of sp³-hybridized carbons (Fsp3) is 0.800. The summed E-state index contributed by atoms with van der Waals surface area (Å²) in [6.07, 6.45) is 0.815. The zero-order chi connectivity index (χ0) is 12.1. The number of rotatable bonds is 4. The molecule has 0 bridgehead atoms. The third-order valence-corrected chi connectivity index (χ3v) is 1.62. The first-order valence-electron chi connectivity index (χ1n) is 4.64. The molecule has 5 nitrogen and oxygen atoms in total. The van der Waals surface area contributed by atoms with Crippen molar-refractivity contribution < 1.29 is 19.1 Å². The molecule has 0 aromatic rings. The molecule has 0 aromatic heterocycles. The third kappa shape index (κ3) is 5.30. The summed E-state index contributed by atoms with van der Waals surface area (Å²) in [7, 11) is 1.24. The van der Waals surface area contributed by atoms with Crippen LogP contribution in [0.3, 0.4) is 0 Å². The van der Waals surface area contributed by atoms with Crippen LogP contribution in [0.5, 0.6) is 0 Å². The van der Waals surface area contributed by atoms with E-state index in [1.165, 1.54) is 13.2 Å². The van der Waals surface area contributed by atoms with Crippen LogP contribution >= 0.6 is 0 Å². The number of carbonyl (C=O) groups excluding carboxylic acids is 2. The van der Waals surface area contributed by atoms with Crippen LogP contribution in [0.1, 0.15) is 27.7 Å². The van der Waals surface area contributed by atoms with E-state index in [4.69, 9.17) is 4.74 Å². The molecule has 0 aliphatic carbocycles. The highest BCUT2D eigenvalue weighted by atomic mass is 16.5. The molecule has 1 unspecified atom stereocenters. The number of methoxy groups -OCH3 is 1. The zero-order valence-electron chi connectivity index (χ0n) is 9.73. The summed E-state index contributed by atoms with van der Waals surface area (Å²) in [6.45, 7) is 7.21. The predicted molar refractivity (Wildman–Crippen MR) is 54.2 cm³/mol. The van der Waals surface area contributed by atoms with Gasteiger partial charge >= 0.3 is 5.97 Å². The molecule has 0 aliphatic rings. The Morgan fingerprint density at radius 1 is 1.40 bits per heavy atom. The van der Waals surface area contributed by atoms with Crippen LogP contribution in [-0.2, 0) is 19.1 Å². The normalized spacial score (nSPS) is 15.0. The van der Waals surface area contributed by atoms with Crippen molar-refractivity contribution in [2.45, 2.75) is 45.4 Å². The van der Waals surface area contributed by atoms with Crippen LogP contribution in [0.4, 0.5) is 0 Å². The molecule has 0 saturated carbocycles. The van der Waals surface area contributed by atoms with Gasteiger partial charge in [-0.2, -0.15) is 4.99 Å². The van der Waals surface area contributed by atoms with E-state index in [0.29, 0.717) is 0 Å². The van der Waals surface area contributed by atoms with Crippen LogP contribution < -0.4 is 0 Å². The summed E-state index contributed by atoms with van der Waals surface area (Å²) in [4.78, 5) is 24.8. The van der Waals surface area contributed by atoms with Gasteiger partial charge in [0.1, 0.15) is 0 Å². The van der Waals surface area contributed by atoms with E-state index in [1.807, 2.05) is 20.8 Å². The van der Waals surface area contributed by atoms with E-state index in [1.54, 1.807) is 6.92 Å². The maximum atomic E-state index is 11.3. The Labute approximate surface area is 89.5 Å². The Kier molecular flexibility index (Phi) is 5.19. The number of hydrogen-bond donors (Lipinski definition) is 0. The monoisotopic (exact) mass is 215 g/mol. The number of hydrogen-bond acceptors (Lipinski definition) is 5. The molecule has 15 heavy (non-hydrogen) atoms. The topological polar surface area (TPSA) is 65.0 Å². The summed E-state index contributed by atoms with van der Waals surface area (Å²) in [5.41, 5.74) is -0.413. The second-order valence-electron chi connectivity index (χ2n) is 4.12. The predicted octanol–water partition coefficient (Wildman–Crippen LogP) is 1.07. The van der Waals surface area contributed by atoms with Crippen LogP contribution in [0.25, 0.3) is 0 Å². The van der Waals surface area contributed by atoms with Gasteiger partial charge in [-0.25, -0.2) is 9.59 Å². The average molecular weight is 215 g/mol. The molecule has 0 amide bonds. The number of aliphatic imine (C=N–C) groups is 1. The minimum atomic E-state index is -0.952. The van der Waals surface area contributed by atoms with Crippen molar-refractivity contribution in [2.24, 2.45) is 4.99 Å². The van der Waals surface area contributed by atoms with E-state index in [2.05, 4.69) is 9.73 Å². The lowest BCUT2D eigenvalue weighted by Gasteiger charge is -2.27. The molecule has 0 heterocycles. The lowest BCUT2D eigenvalue weighted by molar-refractivity contribution is -0.148. The molecule has 0 aromatic carbocycles. The number of carbonyl (C=O) groups is 1. The molecule has 0 radical (unpaired) electrons. The molecule has 0 N–H and O–H groups in total. The Bertz CT molecular complexity index is 263. The standard InChI is InChI=1S/C10H17NO4/c1-7(15-10(2,3)4)8(11-6-12)9(13)14-5/h7-8H,1-5H3/t7-,8?/m1/s1. The fourth-order valence-corrected chi connectivity index (χ4v) is 1.15. The Hall–Kier alpha value is -1.19. The van der Waals surface area contributed by atoms with Gasteiger partial charge in [-0.3, -0.25) is 0 Å². The summed E-state index contributed by atoms with van der Waals surface area (Å²) in [6, 6.07) is -0.952. The lowest BCUT2D eigenvalue weighted by atomic mass is 10.1. The maximum absolute atomic E-state index is 11.3. The lowest BCUT2D eigenvalue weighted by Crippen LogP contribution is -2.38. The SMILES string of the molecule is COC(=O)C(N=C=O)[C@@H](C)OC(C)(C)C. The van der Waals surface area contributed by atoms with Crippen LogP contribution in [0.2, 0.25) is 0 Å². The van der Waals surface area contributed by atoms with Crippen LogP contribution in [0, 0.1) is 0 Å². The molecule has 0 rings (SSSR count). The Morgan fingerprint density at radius 2 is 1.93 bits per heavy atom. The van der Waals surface area contributed by atoms with Crippen molar-refractivity contribution >= 4 is 12.0 Å².